The van der Waals surface area contributed by atoms with Crippen LogP contribution < -0.4 is 10.6 Å². The van der Waals surface area contributed by atoms with Gasteiger partial charge in [0.1, 0.15) is 5.69 Å². The number of hydrogen-bond acceptors (Lipinski definition) is 4. The Balaban J connectivity index is 1.92. The van der Waals surface area contributed by atoms with E-state index in [-0.39, 0.29) is 11.8 Å². The zero-order chi connectivity index (χ0) is 16.8. The summed E-state index contributed by atoms with van der Waals surface area (Å²) in [7, 11) is 0. The highest BCUT2D eigenvalue weighted by Gasteiger charge is 2.13. The number of nitrogens with zero attached hydrogens (tertiary/aromatic N) is 1. The molecule has 1 aromatic heterocycles. The van der Waals surface area contributed by atoms with E-state index in [0.717, 1.165) is 6.42 Å². The summed E-state index contributed by atoms with van der Waals surface area (Å²) in [6, 6.07) is 6.55. The van der Waals surface area contributed by atoms with Gasteiger partial charge in [0.15, 0.2) is 5.13 Å². The fourth-order valence-electron chi connectivity index (χ4n) is 1.77. The predicted molar refractivity (Wildman–Crippen MR) is 93.3 cm³/mol. The van der Waals surface area contributed by atoms with Gasteiger partial charge in [0.05, 0.1) is 0 Å². The zero-order valence-electron chi connectivity index (χ0n) is 12.9. The number of anilines is 1. The number of aromatic nitrogens is 1. The van der Waals surface area contributed by atoms with Crippen molar-refractivity contribution in [3.05, 3.63) is 45.9 Å². The van der Waals surface area contributed by atoms with Crippen LogP contribution >= 0.6 is 22.9 Å². The van der Waals surface area contributed by atoms with Crippen molar-refractivity contribution in [1.29, 1.82) is 0 Å². The van der Waals surface area contributed by atoms with E-state index in [1.807, 2.05) is 0 Å². The van der Waals surface area contributed by atoms with Gasteiger partial charge < -0.3 is 5.32 Å². The first-order chi connectivity index (χ1) is 11.0. The summed E-state index contributed by atoms with van der Waals surface area (Å²) >= 11 is 7.00. The number of carbonyl (C=O) groups is 2. The summed E-state index contributed by atoms with van der Waals surface area (Å²) in [5, 5.41) is 8.07. The molecule has 0 aliphatic heterocycles. The van der Waals surface area contributed by atoms with Crippen LogP contribution in [0.5, 0.6) is 0 Å². The molecule has 0 unspecified atom stereocenters. The van der Waals surface area contributed by atoms with E-state index in [1.54, 1.807) is 29.6 Å². The van der Waals surface area contributed by atoms with Crippen molar-refractivity contribution >= 4 is 39.9 Å². The van der Waals surface area contributed by atoms with Crippen molar-refractivity contribution in [1.82, 2.24) is 10.3 Å². The monoisotopic (exact) mass is 351 g/mol. The summed E-state index contributed by atoms with van der Waals surface area (Å²) in [6.45, 7) is 4.80. The Morgan fingerprint density at radius 1 is 1.22 bits per heavy atom. The van der Waals surface area contributed by atoms with Crippen molar-refractivity contribution in [2.75, 3.05) is 11.9 Å². The van der Waals surface area contributed by atoms with Crippen molar-refractivity contribution in [2.24, 2.45) is 5.92 Å². The van der Waals surface area contributed by atoms with Crippen LogP contribution in [0.25, 0.3) is 0 Å². The summed E-state index contributed by atoms with van der Waals surface area (Å²) in [5.41, 5.74) is 0.790. The number of nitrogens with one attached hydrogen (secondary N) is 2. The van der Waals surface area contributed by atoms with Crippen molar-refractivity contribution in [2.45, 2.75) is 20.3 Å². The second kappa shape index (κ2) is 8.08. The molecule has 0 saturated heterocycles. The third kappa shape index (κ3) is 5.33. The van der Waals surface area contributed by atoms with E-state index < -0.39 is 0 Å². The number of hydrogen-bond donors (Lipinski definition) is 2. The minimum absolute atomic E-state index is 0.228. The van der Waals surface area contributed by atoms with E-state index in [4.69, 9.17) is 11.6 Å². The van der Waals surface area contributed by atoms with Crippen LogP contribution in [0.2, 0.25) is 5.02 Å². The lowest BCUT2D eigenvalue weighted by molar-refractivity contribution is 0.0946. The van der Waals surface area contributed by atoms with Crippen molar-refractivity contribution < 1.29 is 9.59 Å². The molecule has 122 valence electrons. The van der Waals surface area contributed by atoms with Gasteiger partial charge in [0.2, 0.25) is 0 Å². The quantitative estimate of drug-likeness (QED) is 0.831. The molecule has 2 N–H and O–H groups in total. The standard InChI is InChI=1S/C16H18ClN3O2S/c1-10(2)7-8-18-15(22)13-9-23-16(19-13)20-14(21)11-3-5-12(17)6-4-11/h3-6,9-10H,7-8H2,1-2H3,(H,18,22)(H,19,20,21). The van der Waals surface area contributed by atoms with Gasteiger partial charge in [-0.3, -0.25) is 14.9 Å². The minimum Gasteiger partial charge on any atom is -0.351 e. The van der Waals surface area contributed by atoms with E-state index >= 15 is 0 Å². The molecule has 0 aliphatic rings. The van der Waals surface area contributed by atoms with Gasteiger partial charge >= 0.3 is 0 Å². The second-order valence-corrected chi connectivity index (χ2v) is 6.73. The molecular formula is C16H18ClN3O2S. The normalized spacial score (nSPS) is 10.6. The van der Waals surface area contributed by atoms with Crippen LogP contribution in [-0.4, -0.2) is 23.3 Å². The molecule has 0 radical (unpaired) electrons. The molecule has 0 bridgehead atoms. The topological polar surface area (TPSA) is 71.1 Å². The maximum absolute atomic E-state index is 12.1. The highest BCUT2D eigenvalue weighted by molar-refractivity contribution is 7.14. The Bertz CT molecular complexity index is 683. The van der Waals surface area contributed by atoms with Gasteiger partial charge in [-0.15, -0.1) is 11.3 Å². The van der Waals surface area contributed by atoms with Gasteiger partial charge in [0.25, 0.3) is 11.8 Å². The van der Waals surface area contributed by atoms with Crippen LogP contribution in [-0.2, 0) is 0 Å². The number of rotatable bonds is 6. The zero-order valence-corrected chi connectivity index (χ0v) is 14.5. The Morgan fingerprint density at radius 2 is 1.91 bits per heavy atom. The maximum atomic E-state index is 12.1. The largest absolute Gasteiger partial charge is 0.351 e. The van der Waals surface area contributed by atoms with Crippen LogP contribution in [0, 0.1) is 5.92 Å². The molecule has 0 aliphatic carbocycles. The fraction of sp³-hybridized carbons (Fsp3) is 0.312. The predicted octanol–water partition coefficient (Wildman–Crippen LogP) is 3.82. The summed E-state index contributed by atoms with van der Waals surface area (Å²) in [5.74, 6) is 0.0108. The number of benzene rings is 1. The Morgan fingerprint density at radius 3 is 2.57 bits per heavy atom. The minimum atomic E-state index is -0.289. The van der Waals surface area contributed by atoms with Crippen molar-refractivity contribution in [3.63, 3.8) is 0 Å². The van der Waals surface area contributed by atoms with E-state index in [9.17, 15) is 9.59 Å². The molecule has 0 atom stereocenters. The maximum Gasteiger partial charge on any atom is 0.270 e. The Labute approximate surface area is 144 Å². The Hall–Kier alpha value is -1.92. The highest BCUT2D eigenvalue weighted by atomic mass is 35.5. The Kier molecular flexibility index (Phi) is 6.12. The van der Waals surface area contributed by atoms with E-state index in [2.05, 4.69) is 29.5 Å². The lowest BCUT2D eigenvalue weighted by Gasteiger charge is -2.05. The molecule has 0 saturated carbocycles. The molecule has 0 fully saturated rings. The third-order valence-corrected chi connectivity index (χ3v) is 4.08. The number of amides is 2. The van der Waals surface area contributed by atoms with Crippen LogP contribution in [0.15, 0.2) is 29.6 Å². The average molecular weight is 352 g/mol. The van der Waals surface area contributed by atoms with E-state index in [0.29, 0.717) is 33.9 Å². The van der Waals surface area contributed by atoms with Crippen LogP contribution in [0.3, 0.4) is 0 Å². The first-order valence-corrected chi connectivity index (χ1v) is 8.52. The molecule has 23 heavy (non-hydrogen) atoms. The highest BCUT2D eigenvalue weighted by Crippen LogP contribution is 2.17. The lowest BCUT2D eigenvalue weighted by Crippen LogP contribution is -2.25. The second-order valence-electron chi connectivity index (χ2n) is 5.44. The first-order valence-electron chi connectivity index (χ1n) is 7.26. The molecule has 5 nitrogen and oxygen atoms in total. The average Bonchev–Trinajstić information content (AvgIpc) is 2.96. The molecule has 2 rings (SSSR count). The molecule has 2 amide bonds. The van der Waals surface area contributed by atoms with Gasteiger partial charge in [0, 0.05) is 22.5 Å². The molecule has 7 heteroatoms. The lowest BCUT2D eigenvalue weighted by atomic mass is 10.1. The molecule has 0 spiro atoms. The van der Waals surface area contributed by atoms with Gasteiger partial charge in [-0.25, -0.2) is 4.98 Å². The smallest absolute Gasteiger partial charge is 0.270 e. The molecule has 2 aromatic rings. The molecule has 1 aromatic carbocycles. The molecular weight excluding hydrogens is 334 g/mol. The summed E-state index contributed by atoms with van der Waals surface area (Å²) in [6.07, 6.45) is 0.913. The SMILES string of the molecule is CC(C)CCNC(=O)c1csc(NC(=O)c2ccc(Cl)cc2)n1. The van der Waals surface area contributed by atoms with E-state index in [1.165, 1.54) is 11.3 Å². The number of carbonyl (C=O) groups excluding carboxylic acids is 2. The summed E-state index contributed by atoms with van der Waals surface area (Å²) in [4.78, 5) is 28.1. The van der Waals surface area contributed by atoms with Crippen LogP contribution in [0.4, 0.5) is 5.13 Å². The third-order valence-electron chi connectivity index (χ3n) is 3.07. The van der Waals surface area contributed by atoms with Gasteiger partial charge in [-0.2, -0.15) is 0 Å². The van der Waals surface area contributed by atoms with Gasteiger partial charge in [-0.05, 0) is 36.6 Å². The summed E-state index contributed by atoms with van der Waals surface area (Å²) < 4.78 is 0. The fourth-order valence-corrected chi connectivity index (χ4v) is 2.58. The number of thiazole rings is 1. The van der Waals surface area contributed by atoms with Crippen LogP contribution in [0.1, 0.15) is 41.1 Å². The van der Waals surface area contributed by atoms with Crippen molar-refractivity contribution in [3.8, 4) is 0 Å². The van der Waals surface area contributed by atoms with Gasteiger partial charge in [-0.1, -0.05) is 25.4 Å². The molecule has 1 heterocycles. The first kappa shape index (κ1) is 17.4. The number of halogens is 1.